The first kappa shape index (κ1) is 22.0. The fourth-order valence-corrected chi connectivity index (χ4v) is 5.38. The molecule has 0 saturated carbocycles. The van der Waals surface area contributed by atoms with Gasteiger partial charge in [-0.25, -0.2) is 13.4 Å². The SMILES string of the molecule is Cc1noc(C)c1S(=O)(=O)N1CCN(C(=O)c2ccc(OCc3nccn3C)cc2)CC1. The maximum Gasteiger partial charge on any atom is 0.253 e. The molecule has 0 unspecified atom stereocenters. The zero-order valence-electron chi connectivity index (χ0n) is 18.2. The van der Waals surface area contributed by atoms with Crippen LogP contribution in [0, 0.1) is 13.8 Å². The predicted octanol–water partition coefficient (Wildman–Crippen LogP) is 1.75. The smallest absolute Gasteiger partial charge is 0.253 e. The third-order valence-electron chi connectivity index (χ3n) is 5.48. The molecule has 11 heteroatoms. The Morgan fingerprint density at radius 1 is 1.12 bits per heavy atom. The average Bonchev–Trinajstić information content (AvgIpc) is 3.36. The number of aryl methyl sites for hydroxylation is 3. The van der Waals surface area contributed by atoms with E-state index < -0.39 is 10.0 Å². The van der Waals surface area contributed by atoms with Crippen LogP contribution in [0.25, 0.3) is 0 Å². The summed E-state index contributed by atoms with van der Waals surface area (Å²) in [6.45, 7) is 4.55. The van der Waals surface area contributed by atoms with E-state index in [4.69, 9.17) is 9.26 Å². The molecule has 4 rings (SSSR count). The van der Waals surface area contributed by atoms with E-state index in [0.29, 0.717) is 36.7 Å². The van der Waals surface area contributed by atoms with Gasteiger partial charge in [-0.3, -0.25) is 4.79 Å². The molecule has 1 amide bonds. The van der Waals surface area contributed by atoms with Crippen molar-refractivity contribution in [3.8, 4) is 5.75 Å². The molecule has 10 nitrogen and oxygen atoms in total. The lowest BCUT2D eigenvalue weighted by Crippen LogP contribution is -2.50. The van der Waals surface area contributed by atoms with Gasteiger partial charge in [0.2, 0.25) is 10.0 Å². The van der Waals surface area contributed by atoms with Gasteiger partial charge in [0.05, 0.1) is 0 Å². The standard InChI is InChI=1S/C21H25N5O5S/c1-15-20(16(2)31-23-15)32(28,29)26-12-10-25(11-13-26)21(27)17-4-6-18(7-5-17)30-14-19-22-8-9-24(19)3/h4-9H,10-14H2,1-3H3. The van der Waals surface area contributed by atoms with E-state index >= 15 is 0 Å². The Labute approximate surface area is 186 Å². The summed E-state index contributed by atoms with van der Waals surface area (Å²) in [6, 6.07) is 6.91. The highest BCUT2D eigenvalue weighted by Crippen LogP contribution is 2.24. The largest absolute Gasteiger partial charge is 0.486 e. The number of imidazole rings is 1. The Balaban J connectivity index is 1.35. The van der Waals surface area contributed by atoms with E-state index in [1.54, 1.807) is 49.2 Å². The van der Waals surface area contributed by atoms with Crippen LogP contribution in [-0.4, -0.2) is 64.4 Å². The molecular weight excluding hydrogens is 434 g/mol. The third-order valence-corrected chi connectivity index (χ3v) is 7.63. The lowest BCUT2D eigenvalue weighted by Gasteiger charge is -2.34. The molecule has 3 aromatic rings. The first-order chi connectivity index (χ1) is 15.3. The Bertz CT molecular complexity index is 1190. The molecule has 1 aliphatic heterocycles. The molecule has 0 atom stereocenters. The van der Waals surface area contributed by atoms with E-state index in [0.717, 1.165) is 5.82 Å². The topological polar surface area (TPSA) is 111 Å². The van der Waals surface area contributed by atoms with Crippen molar-refractivity contribution in [3.05, 3.63) is 59.5 Å². The van der Waals surface area contributed by atoms with Gasteiger partial charge in [-0.2, -0.15) is 4.31 Å². The van der Waals surface area contributed by atoms with E-state index in [9.17, 15) is 13.2 Å². The van der Waals surface area contributed by atoms with Gasteiger partial charge in [-0.15, -0.1) is 0 Å². The van der Waals surface area contributed by atoms with Crippen LogP contribution in [0.4, 0.5) is 0 Å². The minimum atomic E-state index is -3.71. The van der Waals surface area contributed by atoms with E-state index in [-0.39, 0.29) is 29.7 Å². The second-order valence-corrected chi connectivity index (χ2v) is 9.49. The lowest BCUT2D eigenvalue weighted by molar-refractivity contribution is 0.0697. The zero-order chi connectivity index (χ0) is 22.9. The Morgan fingerprint density at radius 3 is 2.38 bits per heavy atom. The van der Waals surface area contributed by atoms with Gasteiger partial charge in [0, 0.05) is 51.2 Å². The second-order valence-electron chi connectivity index (χ2n) is 7.62. The van der Waals surface area contributed by atoms with Crippen molar-refractivity contribution in [2.75, 3.05) is 26.2 Å². The van der Waals surface area contributed by atoms with Crippen molar-refractivity contribution in [2.24, 2.45) is 7.05 Å². The van der Waals surface area contributed by atoms with Crippen LogP contribution in [0.1, 0.15) is 27.6 Å². The molecule has 0 aliphatic carbocycles. The van der Waals surface area contributed by atoms with Gasteiger partial charge in [0.25, 0.3) is 5.91 Å². The number of carbonyl (C=O) groups is 1. The summed E-state index contributed by atoms with van der Waals surface area (Å²) in [5.74, 6) is 1.57. The van der Waals surface area contributed by atoms with Gasteiger partial charge in [-0.05, 0) is 38.1 Å². The van der Waals surface area contributed by atoms with Gasteiger partial charge in [0.1, 0.15) is 28.8 Å². The molecule has 3 heterocycles. The Hall–Kier alpha value is -3.18. The summed E-state index contributed by atoms with van der Waals surface area (Å²) >= 11 is 0. The van der Waals surface area contributed by atoms with Gasteiger partial charge < -0.3 is 18.7 Å². The number of piperazine rings is 1. The van der Waals surface area contributed by atoms with Crippen LogP contribution in [0.15, 0.2) is 46.1 Å². The van der Waals surface area contributed by atoms with E-state index in [1.165, 1.54) is 4.31 Å². The van der Waals surface area contributed by atoms with Crippen LogP contribution < -0.4 is 4.74 Å². The molecule has 170 valence electrons. The summed E-state index contributed by atoms with van der Waals surface area (Å²) in [6.07, 6.45) is 3.56. The quantitative estimate of drug-likeness (QED) is 0.552. The number of sulfonamides is 1. The fraction of sp³-hybridized carbons (Fsp3) is 0.381. The highest BCUT2D eigenvalue weighted by atomic mass is 32.2. The van der Waals surface area contributed by atoms with Gasteiger partial charge >= 0.3 is 0 Å². The number of benzene rings is 1. The maximum absolute atomic E-state index is 12.9. The monoisotopic (exact) mass is 459 g/mol. The zero-order valence-corrected chi connectivity index (χ0v) is 19.0. The van der Waals surface area contributed by atoms with Crippen LogP contribution in [0.3, 0.4) is 0 Å². The fourth-order valence-electron chi connectivity index (χ4n) is 3.66. The minimum absolute atomic E-state index is 0.110. The third kappa shape index (κ3) is 4.26. The Kier molecular flexibility index (Phi) is 6.02. The number of hydrogen-bond donors (Lipinski definition) is 0. The molecule has 32 heavy (non-hydrogen) atoms. The summed E-state index contributed by atoms with van der Waals surface area (Å²) in [5.41, 5.74) is 0.864. The molecule has 1 saturated heterocycles. The van der Waals surface area contributed by atoms with Gasteiger partial charge in [-0.1, -0.05) is 5.16 Å². The number of carbonyl (C=O) groups excluding carboxylic acids is 1. The van der Waals surface area contributed by atoms with Crippen molar-refractivity contribution in [1.29, 1.82) is 0 Å². The summed E-state index contributed by atoms with van der Waals surface area (Å²) in [7, 11) is -1.82. The van der Waals surface area contributed by atoms with Gasteiger partial charge in [0.15, 0.2) is 5.76 Å². The number of hydrogen-bond acceptors (Lipinski definition) is 7. The molecule has 0 N–H and O–H groups in total. The van der Waals surface area contributed by atoms with Crippen LogP contribution >= 0.6 is 0 Å². The molecule has 1 aliphatic rings. The van der Waals surface area contributed by atoms with Crippen LogP contribution in [0.5, 0.6) is 5.75 Å². The van der Waals surface area contributed by atoms with E-state index in [2.05, 4.69) is 10.1 Å². The molecule has 1 fully saturated rings. The van der Waals surface area contributed by atoms with Crippen molar-refractivity contribution < 1.29 is 22.5 Å². The number of aromatic nitrogens is 3. The first-order valence-electron chi connectivity index (χ1n) is 10.2. The summed E-state index contributed by atoms with van der Waals surface area (Å²) in [5, 5.41) is 3.74. The van der Waals surface area contributed by atoms with Crippen molar-refractivity contribution in [3.63, 3.8) is 0 Å². The number of rotatable bonds is 6. The van der Waals surface area contributed by atoms with Crippen molar-refractivity contribution in [1.82, 2.24) is 23.9 Å². The first-order valence-corrected chi connectivity index (χ1v) is 11.6. The number of amides is 1. The summed E-state index contributed by atoms with van der Waals surface area (Å²) < 4.78 is 39.9. The second kappa shape index (κ2) is 8.75. The average molecular weight is 460 g/mol. The highest BCUT2D eigenvalue weighted by molar-refractivity contribution is 7.89. The molecular formula is C21H25N5O5S. The van der Waals surface area contributed by atoms with Crippen LogP contribution in [-0.2, 0) is 23.7 Å². The van der Waals surface area contributed by atoms with Crippen molar-refractivity contribution in [2.45, 2.75) is 25.3 Å². The maximum atomic E-state index is 12.9. The minimum Gasteiger partial charge on any atom is -0.486 e. The summed E-state index contributed by atoms with van der Waals surface area (Å²) in [4.78, 5) is 18.8. The molecule has 2 aromatic heterocycles. The molecule has 1 aromatic carbocycles. The molecule has 0 bridgehead atoms. The molecule has 0 radical (unpaired) electrons. The number of ether oxygens (including phenoxy) is 1. The van der Waals surface area contributed by atoms with E-state index in [1.807, 2.05) is 17.8 Å². The lowest BCUT2D eigenvalue weighted by atomic mass is 10.2. The molecule has 0 spiro atoms. The normalized spacial score (nSPS) is 15.2. The highest BCUT2D eigenvalue weighted by Gasteiger charge is 2.34. The van der Waals surface area contributed by atoms with Crippen molar-refractivity contribution >= 4 is 15.9 Å². The predicted molar refractivity (Wildman–Crippen MR) is 115 cm³/mol. The number of nitrogens with zero attached hydrogens (tertiary/aromatic N) is 5. The Morgan fingerprint density at radius 2 is 1.81 bits per heavy atom. The van der Waals surface area contributed by atoms with Crippen LogP contribution in [0.2, 0.25) is 0 Å².